The summed E-state index contributed by atoms with van der Waals surface area (Å²) in [5.74, 6) is -2.13. The van der Waals surface area contributed by atoms with Gasteiger partial charge in [-0.05, 0) is 72.1 Å². The molecule has 246 valence electrons. The number of fused-ring (bicyclic) bond motifs is 1. The van der Waals surface area contributed by atoms with Crippen molar-refractivity contribution in [3.8, 4) is 0 Å². The first-order valence-corrected chi connectivity index (χ1v) is 16.5. The van der Waals surface area contributed by atoms with Gasteiger partial charge in [0.15, 0.2) is 5.54 Å². The summed E-state index contributed by atoms with van der Waals surface area (Å²) < 4.78 is 11.9. The third kappa shape index (κ3) is 8.94. The monoisotopic (exact) mass is 626 g/mol. The third-order valence-corrected chi connectivity index (χ3v) is 10.3. The van der Waals surface area contributed by atoms with E-state index in [0.29, 0.717) is 17.2 Å². The van der Waals surface area contributed by atoms with Gasteiger partial charge in [-0.1, -0.05) is 27.2 Å². The van der Waals surface area contributed by atoms with Gasteiger partial charge in [0.2, 0.25) is 17.7 Å². The van der Waals surface area contributed by atoms with Crippen LogP contribution in [0.3, 0.4) is 0 Å². The van der Waals surface area contributed by atoms with Crippen LogP contribution in [0.4, 0.5) is 0 Å². The Morgan fingerprint density at radius 1 is 1.02 bits per heavy atom. The van der Waals surface area contributed by atoms with Gasteiger partial charge in [-0.25, -0.2) is 4.79 Å². The first kappa shape index (κ1) is 37.0. The topological polar surface area (TPSA) is 147 Å². The van der Waals surface area contributed by atoms with Crippen LogP contribution in [0.1, 0.15) is 87.5 Å². The number of esters is 1. The van der Waals surface area contributed by atoms with Crippen LogP contribution >= 0.6 is 11.8 Å². The Balaban J connectivity index is 2.61. The van der Waals surface area contributed by atoms with Crippen LogP contribution < -0.4 is 10.6 Å². The summed E-state index contributed by atoms with van der Waals surface area (Å²) in [5, 5.41) is 15.9. The number of rotatable bonds is 10. The standard InChI is InChI=1S/C31H54N4O7S/c1-11-12-22(41-10)14-13-19(3)24-30(6,7)28(39)35(9)23(18(2)15-16-36)26(38)32-20(4)25(37)33-21(5)27-34-31(8,17-43-27)29(40)42-24/h18-24,36H,11-17H2,1-10H3,(H,32,38)(H,33,37)/t18-,19+,20-,21-,22-,23-,24-,31-/m0/s1. The summed E-state index contributed by atoms with van der Waals surface area (Å²) >= 11 is 1.38. The van der Waals surface area contributed by atoms with Crippen molar-refractivity contribution in [1.29, 1.82) is 0 Å². The smallest absolute Gasteiger partial charge is 0.334 e. The SMILES string of the molecule is CCC[C@@H](CC[C@@H](C)[C@@H]1OC(=O)[C@]2(C)CSC(=N2)[C@H](C)NC(=O)[C@H](C)NC(=O)[C@H]([C@@H](C)CCO)N(C)C(=O)C1(C)C)OC. The second-order valence-corrected chi connectivity index (χ2v) is 14.1. The Bertz CT molecular complexity index is 1040. The summed E-state index contributed by atoms with van der Waals surface area (Å²) in [7, 11) is 3.24. The van der Waals surface area contributed by atoms with E-state index in [2.05, 4.69) is 17.6 Å². The molecule has 0 aromatic heterocycles. The number of methoxy groups -OCH3 is 1. The molecular weight excluding hydrogens is 572 g/mol. The molecule has 3 amide bonds. The zero-order valence-electron chi connectivity index (χ0n) is 27.7. The molecule has 2 rings (SSSR count). The van der Waals surface area contributed by atoms with Crippen molar-refractivity contribution in [2.24, 2.45) is 22.2 Å². The minimum Gasteiger partial charge on any atom is -0.459 e. The van der Waals surface area contributed by atoms with Crippen LogP contribution in [0.5, 0.6) is 0 Å². The molecule has 0 fully saturated rings. The number of carbonyl (C=O) groups excluding carboxylic acids is 4. The molecule has 12 heteroatoms. The maximum Gasteiger partial charge on any atom is 0.334 e. The van der Waals surface area contributed by atoms with Crippen LogP contribution in [0, 0.1) is 17.3 Å². The van der Waals surface area contributed by atoms with Crippen molar-refractivity contribution in [2.45, 2.75) is 123 Å². The van der Waals surface area contributed by atoms with E-state index >= 15 is 0 Å². The number of amides is 3. The lowest BCUT2D eigenvalue weighted by Crippen LogP contribution is -2.60. The molecule has 43 heavy (non-hydrogen) atoms. The van der Waals surface area contributed by atoms with E-state index in [-0.39, 0.29) is 31.0 Å². The lowest BCUT2D eigenvalue weighted by atomic mass is 9.76. The fourth-order valence-corrected chi connectivity index (χ4v) is 7.20. The van der Waals surface area contributed by atoms with Crippen molar-refractivity contribution in [3.05, 3.63) is 0 Å². The minimum atomic E-state index is -1.23. The Labute approximate surface area is 261 Å². The van der Waals surface area contributed by atoms with Crippen LogP contribution in [0.2, 0.25) is 0 Å². The molecule has 2 bridgehead atoms. The number of thioether (sulfide) groups is 1. The van der Waals surface area contributed by atoms with Gasteiger partial charge in [0.1, 0.15) is 18.2 Å². The van der Waals surface area contributed by atoms with Gasteiger partial charge in [0, 0.05) is 26.5 Å². The lowest BCUT2D eigenvalue weighted by molar-refractivity contribution is -0.173. The normalized spacial score (nSPS) is 31.0. The van der Waals surface area contributed by atoms with Crippen LogP contribution in [0.25, 0.3) is 0 Å². The zero-order chi connectivity index (χ0) is 32.7. The number of aliphatic hydroxyl groups excluding tert-OH is 1. The molecule has 2 heterocycles. The van der Waals surface area contributed by atoms with Gasteiger partial charge in [-0.3, -0.25) is 19.4 Å². The van der Waals surface area contributed by atoms with E-state index < -0.39 is 58.9 Å². The molecule has 0 saturated heterocycles. The fraction of sp³-hybridized carbons (Fsp3) is 0.839. The first-order chi connectivity index (χ1) is 20.0. The van der Waals surface area contributed by atoms with Gasteiger partial charge < -0.3 is 30.1 Å². The maximum atomic E-state index is 14.3. The molecule has 0 spiro atoms. The van der Waals surface area contributed by atoms with E-state index in [1.54, 1.807) is 55.7 Å². The molecule has 0 aliphatic carbocycles. The number of cyclic esters (lactones) is 1. The van der Waals surface area contributed by atoms with Gasteiger partial charge >= 0.3 is 5.97 Å². The number of nitrogens with one attached hydrogen (secondary N) is 2. The molecular formula is C31H54N4O7S. The summed E-state index contributed by atoms with van der Waals surface area (Å²) in [4.78, 5) is 60.9. The average Bonchev–Trinajstić information content (AvgIpc) is 3.36. The predicted octanol–water partition coefficient (Wildman–Crippen LogP) is 2.93. The van der Waals surface area contributed by atoms with Crippen molar-refractivity contribution in [1.82, 2.24) is 15.5 Å². The number of aliphatic imine (C=N–C) groups is 1. The number of hydrogen-bond acceptors (Lipinski definition) is 9. The summed E-state index contributed by atoms with van der Waals surface area (Å²) in [6.45, 7) is 14.3. The predicted molar refractivity (Wildman–Crippen MR) is 169 cm³/mol. The summed E-state index contributed by atoms with van der Waals surface area (Å²) in [5.41, 5.74) is -2.41. The average molecular weight is 627 g/mol. The maximum absolute atomic E-state index is 14.3. The Morgan fingerprint density at radius 2 is 1.65 bits per heavy atom. The van der Waals surface area contributed by atoms with E-state index in [9.17, 15) is 24.3 Å². The molecule has 2 aliphatic heterocycles. The van der Waals surface area contributed by atoms with E-state index in [1.165, 1.54) is 16.7 Å². The summed E-state index contributed by atoms with van der Waals surface area (Å²) in [6, 6.07) is -2.35. The fourth-order valence-electron chi connectivity index (χ4n) is 6.01. The molecule has 11 nitrogen and oxygen atoms in total. The second kappa shape index (κ2) is 15.7. The highest BCUT2D eigenvalue weighted by Crippen LogP contribution is 2.38. The number of aliphatic hydroxyl groups is 1. The molecule has 0 aromatic rings. The number of hydrogen-bond donors (Lipinski definition) is 3. The minimum absolute atomic E-state index is 0.0536. The highest BCUT2D eigenvalue weighted by molar-refractivity contribution is 8.14. The summed E-state index contributed by atoms with van der Waals surface area (Å²) in [6.07, 6.45) is 2.77. The largest absolute Gasteiger partial charge is 0.459 e. The van der Waals surface area contributed by atoms with Crippen molar-refractivity contribution in [3.63, 3.8) is 0 Å². The van der Waals surface area contributed by atoms with Gasteiger partial charge in [-0.2, -0.15) is 0 Å². The number of likely N-dealkylation sites (N-methyl/N-ethyl adjacent to an activating group) is 1. The van der Waals surface area contributed by atoms with E-state index in [1.807, 2.05) is 6.92 Å². The highest BCUT2D eigenvalue weighted by Gasteiger charge is 2.50. The first-order valence-electron chi connectivity index (χ1n) is 15.5. The molecule has 2 aliphatic rings. The van der Waals surface area contributed by atoms with E-state index in [0.717, 1.165) is 19.3 Å². The van der Waals surface area contributed by atoms with Crippen molar-refractivity contribution >= 4 is 40.5 Å². The zero-order valence-corrected chi connectivity index (χ0v) is 28.5. The number of carbonyl (C=O) groups is 4. The molecule has 8 atom stereocenters. The molecule has 0 saturated carbocycles. The van der Waals surface area contributed by atoms with Crippen LogP contribution in [0.15, 0.2) is 4.99 Å². The van der Waals surface area contributed by atoms with Crippen LogP contribution in [-0.4, -0.2) is 101 Å². The van der Waals surface area contributed by atoms with Gasteiger partial charge in [-0.15, -0.1) is 11.8 Å². The Kier molecular flexibility index (Phi) is 13.5. The van der Waals surface area contributed by atoms with E-state index in [4.69, 9.17) is 14.5 Å². The number of nitrogens with zero attached hydrogens (tertiary/aromatic N) is 2. The highest BCUT2D eigenvalue weighted by atomic mass is 32.2. The lowest BCUT2D eigenvalue weighted by Gasteiger charge is -2.42. The molecule has 3 N–H and O–H groups in total. The van der Waals surface area contributed by atoms with Crippen molar-refractivity contribution < 1.29 is 33.8 Å². The van der Waals surface area contributed by atoms with Crippen LogP contribution in [-0.2, 0) is 28.7 Å². The Hall–Kier alpha value is -2.18. The quantitative estimate of drug-likeness (QED) is 0.314. The molecule has 0 unspecified atom stereocenters. The Morgan fingerprint density at radius 3 is 2.23 bits per heavy atom. The number of ether oxygens (including phenoxy) is 2. The third-order valence-electron chi connectivity index (χ3n) is 8.81. The van der Waals surface area contributed by atoms with Gasteiger partial charge in [0.25, 0.3) is 0 Å². The molecule has 0 radical (unpaired) electrons. The second-order valence-electron chi connectivity index (χ2n) is 13.1. The molecule has 0 aromatic carbocycles. The van der Waals surface area contributed by atoms with Gasteiger partial charge in [0.05, 0.1) is 22.6 Å². The van der Waals surface area contributed by atoms with Crippen molar-refractivity contribution in [2.75, 3.05) is 26.5 Å².